The maximum atomic E-state index is 8.95. The molecule has 0 aromatic carbocycles. The van der Waals surface area contributed by atoms with Gasteiger partial charge in [0.1, 0.15) is 0 Å². The van der Waals surface area contributed by atoms with Crippen molar-refractivity contribution in [3.8, 4) is 0 Å². The van der Waals surface area contributed by atoms with E-state index < -0.39 is 8.56 Å². The molecule has 0 fully saturated rings. The molecule has 0 spiro atoms. The Morgan fingerprint density at radius 1 is 1.86 bits per heavy atom. The molecule has 0 aromatic rings. The lowest BCUT2D eigenvalue weighted by atomic mass is 10.6. The second-order valence-electron chi connectivity index (χ2n) is 1.71. The zero-order valence-corrected chi connectivity index (χ0v) is 8.26. The van der Waals surface area contributed by atoms with E-state index in [2.05, 4.69) is 0 Å². The molecule has 0 saturated carbocycles. The fourth-order valence-electron chi connectivity index (χ4n) is 0.241. The molecule has 0 aromatic heterocycles. The monoisotopic (exact) mass is 132 g/mol. The molecule has 0 rings (SSSR count). The van der Waals surface area contributed by atoms with Crippen LogP contribution >= 0.6 is 0 Å². The van der Waals surface area contributed by atoms with Crippen LogP contribution in [-0.4, -0.2) is 23.1 Å². The van der Waals surface area contributed by atoms with Gasteiger partial charge in [-0.2, -0.15) is 0 Å². The van der Waals surface area contributed by atoms with E-state index in [0.717, 1.165) is 9.76 Å². The van der Waals surface area contributed by atoms with E-state index in [4.69, 9.17) is 4.80 Å². The fourth-order valence-corrected chi connectivity index (χ4v) is 1.72. The minimum Gasteiger partial charge on any atom is -0.434 e. The molecule has 0 saturated heterocycles. The van der Waals surface area contributed by atoms with Gasteiger partial charge < -0.3 is 4.80 Å². The van der Waals surface area contributed by atoms with Crippen molar-refractivity contribution >= 4 is 18.3 Å². The Morgan fingerprint density at radius 3 is 2.29 bits per heavy atom. The van der Waals surface area contributed by atoms with Crippen LogP contribution in [0.4, 0.5) is 0 Å². The molecular formula is C4H12OSi2. The molecular weight excluding hydrogens is 120 g/mol. The maximum Gasteiger partial charge on any atom is 0.175 e. The van der Waals surface area contributed by atoms with Crippen LogP contribution in [0, 0.1) is 0 Å². The molecule has 7 heavy (non-hydrogen) atoms. The van der Waals surface area contributed by atoms with Crippen molar-refractivity contribution < 1.29 is 4.80 Å². The predicted octanol–water partition coefficient (Wildman–Crippen LogP) is -0.930. The number of rotatable bonds is 1. The first-order valence-electron chi connectivity index (χ1n) is 2.49. The summed E-state index contributed by atoms with van der Waals surface area (Å²) in [5.74, 6) is 0. The molecule has 0 aliphatic rings. The van der Waals surface area contributed by atoms with Crippen LogP contribution in [-0.2, 0) is 0 Å². The molecule has 0 aliphatic carbocycles. The number of hydrogen-bond acceptors (Lipinski definition) is 1. The van der Waals surface area contributed by atoms with Gasteiger partial charge in [0.15, 0.2) is 8.56 Å². The molecule has 1 unspecified atom stereocenters. The molecule has 3 heteroatoms. The van der Waals surface area contributed by atoms with Crippen LogP contribution in [0.2, 0.25) is 0 Å². The Labute approximate surface area is 49.0 Å². The molecule has 0 aliphatic heterocycles. The van der Waals surface area contributed by atoms with Crippen molar-refractivity contribution in [2.24, 2.45) is 0 Å². The van der Waals surface area contributed by atoms with Gasteiger partial charge in [0.05, 0.1) is 0 Å². The first-order chi connectivity index (χ1) is 3.18. The van der Waals surface area contributed by atoms with Crippen molar-refractivity contribution in [2.75, 3.05) is 0 Å². The third-order valence-corrected chi connectivity index (χ3v) is 5.50. The summed E-state index contributed by atoms with van der Waals surface area (Å²) in [6.07, 6.45) is 2.00. The Balaban J connectivity index is 3.56. The smallest absolute Gasteiger partial charge is 0.175 e. The normalized spacial score (nSPS) is 17.3. The van der Waals surface area contributed by atoms with E-state index in [1.54, 1.807) is 0 Å². The minimum atomic E-state index is -1.26. The van der Waals surface area contributed by atoms with Crippen LogP contribution in [0.5, 0.6) is 0 Å². The van der Waals surface area contributed by atoms with Gasteiger partial charge in [-0.3, -0.25) is 0 Å². The Kier molecular flexibility index (Phi) is 3.24. The third kappa shape index (κ3) is 2.79. The fraction of sp³-hybridized carbons (Fsp3) is 0.500. The summed E-state index contributed by atoms with van der Waals surface area (Å²) in [6, 6.07) is 0. The van der Waals surface area contributed by atoms with E-state index in [0.29, 0.717) is 0 Å². The quantitative estimate of drug-likeness (QED) is 0.457. The summed E-state index contributed by atoms with van der Waals surface area (Å²) in [4.78, 5) is 8.95. The van der Waals surface area contributed by atoms with E-state index in [9.17, 15) is 0 Å². The van der Waals surface area contributed by atoms with Crippen molar-refractivity contribution in [3.63, 3.8) is 0 Å². The highest BCUT2D eigenvalue weighted by Crippen LogP contribution is 1.89. The van der Waals surface area contributed by atoms with Gasteiger partial charge in [0.25, 0.3) is 0 Å². The van der Waals surface area contributed by atoms with Crippen molar-refractivity contribution in [1.29, 1.82) is 0 Å². The summed E-state index contributed by atoms with van der Waals surface area (Å²) in [5.41, 5.74) is 0. The van der Waals surface area contributed by atoms with Crippen molar-refractivity contribution in [1.82, 2.24) is 0 Å². The molecule has 1 N–H and O–H groups in total. The maximum absolute atomic E-state index is 8.95. The van der Waals surface area contributed by atoms with Gasteiger partial charge in [0.2, 0.25) is 0 Å². The Morgan fingerprint density at radius 2 is 2.29 bits per heavy atom. The van der Waals surface area contributed by atoms with Crippen LogP contribution in [0.1, 0.15) is 13.8 Å². The van der Waals surface area contributed by atoms with Crippen molar-refractivity contribution in [2.45, 2.75) is 13.8 Å². The van der Waals surface area contributed by atoms with E-state index >= 15 is 0 Å². The summed E-state index contributed by atoms with van der Waals surface area (Å²) < 4.78 is 0. The Bertz CT molecular complexity index is 77.8. The van der Waals surface area contributed by atoms with Crippen molar-refractivity contribution in [3.05, 3.63) is 11.3 Å². The predicted molar refractivity (Wildman–Crippen MR) is 38.7 cm³/mol. The highest BCUT2D eigenvalue weighted by atomic mass is 29.2. The highest BCUT2D eigenvalue weighted by molar-refractivity contribution is 7.02. The lowest BCUT2D eigenvalue weighted by Crippen LogP contribution is -2.13. The van der Waals surface area contributed by atoms with Crippen LogP contribution in [0.15, 0.2) is 11.3 Å². The van der Waals surface area contributed by atoms with Gasteiger partial charge in [-0.15, -0.1) is 0 Å². The molecule has 0 amide bonds. The topological polar surface area (TPSA) is 20.2 Å². The third-order valence-electron chi connectivity index (χ3n) is 1.11. The Hall–Kier alpha value is 0.134. The van der Waals surface area contributed by atoms with Crippen LogP contribution in [0.25, 0.3) is 0 Å². The molecule has 1 nitrogen and oxygen atoms in total. The first kappa shape index (κ1) is 7.13. The zero-order chi connectivity index (χ0) is 5.86. The summed E-state index contributed by atoms with van der Waals surface area (Å²) >= 11 is 0. The van der Waals surface area contributed by atoms with Crippen LogP contribution < -0.4 is 0 Å². The van der Waals surface area contributed by atoms with Gasteiger partial charge in [-0.1, -0.05) is 11.3 Å². The largest absolute Gasteiger partial charge is 0.434 e. The average Bonchev–Trinajstić information content (AvgIpc) is 1.65. The number of allylic oxidation sites excluding steroid dienone is 2. The zero-order valence-electron chi connectivity index (χ0n) is 5.10. The SMILES string of the molecule is CC=C(C)[SiH](O)[SiH3]. The lowest BCUT2D eigenvalue weighted by Gasteiger charge is -1.97. The molecule has 1 atom stereocenters. The second-order valence-corrected chi connectivity index (χ2v) is 7.25. The lowest BCUT2D eigenvalue weighted by molar-refractivity contribution is 0.602. The molecule has 0 radical (unpaired) electrons. The standard InChI is InChI=1S/C4H12OSi2/c1-3-4(2)7(5)6/h3,5,7H,1-2,6H3. The minimum absolute atomic E-state index is 0.989. The van der Waals surface area contributed by atoms with Gasteiger partial charge in [-0.05, 0) is 13.8 Å². The van der Waals surface area contributed by atoms with Gasteiger partial charge in [-0.25, -0.2) is 0 Å². The molecule has 0 heterocycles. The average molecular weight is 132 g/mol. The summed E-state index contributed by atoms with van der Waals surface area (Å²) in [7, 11) is -0.276. The van der Waals surface area contributed by atoms with Gasteiger partial charge >= 0.3 is 0 Å². The second kappa shape index (κ2) is 3.18. The highest BCUT2D eigenvalue weighted by Gasteiger charge is 1.95. The molecule has 0 bridgehead atoms. The first-order valence-corrected chi connectivity index (χ1v) is 8.20. The summed E-state index contributed by atoms with van der Waals surface area (Å²) in [6.45, 7) is 3.98. The number of hydrogen-bond donors (Lipinski definition) is 1. The van der Waals surface area contributed by atoms with E-state index in [-0.39, 0.29) is 0 Å². The van der Waals surface area contributed by atoms with E-state index in [1.165, 1.54) is 5.20 Å². The molecule has 42 valence electrons. The van der Waals surface area contributed by atoms with Gasteiger partial charge in [0, 0.05) is 9.76 Å². The van der Waals surface area contributed by atoms with E-state index in [1.807, 2.05) is 19.9 Å². The van der Waals surface area contributed by atoms with Crippen LogP contribution in [0.3, 0.4) is 0 Å². The summed E-state index contributed by atoms with van der Waals surface area (Å²) in [5, 5.41) is 1.23.